The van der Waals surface area contributed by atoms with Crippen molar-refractivity contribution in [2.45, 2.75) is 18.6 Å². The van der Waals surface area contributed by atoms with E-state index in [1.165, 1.54) is 14.2 Å². The summed E-state index contributed by atoms with van der Waals surface area (Å²) in [5, 5.41) is 0. The zero-order valence-corrected chi connectivity index (χ0v) is 21.4. The molecule has 3 aromatic carbocycles. The number of carbonyl (C=O) groups excluding carboxylic acids is 2. The van der Waals surface area contributed by atoms with Crippen molar-refractivity contribution in [1.82, 2.24) is 0 Å². The highest BCUT2D eigenvalue weighted by Crippen LogP contribution is 2.55. The molecule has 4 atom stereocenters. The summed E-state index contributed by atoms with van der Waals surface area (Å²) in [6, 6.07) is 16.0. The van der Waals surface area contributed by atoms with Gasteiger partial charge in [-0.15, -0.1) is 0 Å². The summed E-state index contributed by atoms with van der Waals surface area (Å²) in [7, 11) is 2.91. The highest BCUT2D eigenvalue weighted by molar-refractivity contribution is 5.79. The lowest BCUT2D eigenvalue weighted by Gasteiger charge is -2.37. The molecule has 2 N–H and O–H groups in total. The second kappa shape index (κ2) is 10.0. The third kappa shape index (κ3) is 4.36. The van der Waals surface area contributed by atoms with Crippen LogP contribution in [0.1, 0.15) is 34.2 Å². The molecular weight excluding hydrogens is 506 g/mol. The van der Waals surface area contributed by atoms with E-state index < -0.39 is 24.0 Å². The molecule has 10 heteroatoms. The SMILES string of the molecule is COc1cc([C@@H]2c3cc4c(cc3[C@@H](N)[C@H]3COC(=O)[C@H]23)OCO4)cc(OC)c1OC(=O)OCc1ccccc1. The van der Waals surface area contributed by atoms with Crippen molar-refractivity contribution in [2.24, 2.45) is 17.6 Å². The Balaban J connectivity index is 1.37. The molecule has 1 aliphatic carbocycles. The van der Waals surface area contributed by atoms with Gasteiger partial charge in [0.1, 0.15) is 6.61 Å². The Labute approximate surface area is 224 Å². The van der Waals surface area contributed by atoms with Crippen LogP contribution in [0.5, 0.6) is 28.7 Å². The van der Waals surface area contributed by atoms with Crippen molar-refractivity contribution in [1.29, 1.82) is 0 Å². The number of cyclic esters (lactones) is 1. The second-order valence-electron chi connectivity index (χ2n) is 9.54. The van der Waals surface area contributed by atoms with Crippen molar-refractivity contribution in [3.05, 3.63) is 76.9 Å². The van der Waals surface area contributed by atoms with Gasteiger partial charge >= 0.3 is 12.1 Å². The molecule has 2 aliphatic heterocycles. The van der Waals surface area contributed by atoms with Gasteiger partial charge in [0, 0.05) is 17.9 Å². The maximum Gasteiger partial charge on any atom is 0.514 e. The quantitative estimate of drug-likeness (QED) is 0.366. The molecule has 0 radical (unpaired) electrons. The predicted octanol–water partition coefficient (Wildman–Crippen LogP) is 4.08. The van der Waals surface area contributed by atoms with Gasteiger partial charge in [-0.2, -0.15) is 0 Å². The minimum atomic E-state index is -0.913. The van der Waals surface area contributed by atoms with E-state index in [4.69, 9.17) is 38.9 Å². The van der Waals surface area contributed by atoms with Gasteiger partial charge < -0.3 is 38.9 Å². The standard InChI is InChI=1S/C29H27NO9/c1-33-22-8-16(9-23(34-2)27(22)39-29(32)36-12-15-6-4-3-5-7-15)24-17-10-20-21(38-14-37-20)11-18(17)26(30)19-13-35-28(31)25(19)24/h3-11,19,24-26H,12-14,30H2,1-2H3/t19-,24+,25-,26+/m0/s1. The fourth-order valence-corrected chi connectivity index (χ4v) is 5.62. The number of hydrogen-bond acceptors (Lipinski definition) is 10. The molecule has 1 saturated heterocycles. The number of fused-ring (bicyclic) bond motifs is 3. The number of carbonyl (C=O) groups is 2. The van der Waals surface area contributed by atoms with Gasteiger partial charge in [0.2, 0.25) is 12.5 Å². The van der Waals surface area contributed by atoms with E-state index in [2.05, 4.69) is 0 Å². The molecule has 10 nitrogen and oxygen atoms in total. The first kappa shape index (κ1) is 24.9. The lowest BCUT2D eigenvalue weighted by molar-refractivity contribution is -0.141. The summed E-state index contributed by atoms with van der Waals surface area (Å²) >= 11 is 0. The van der Waals surface area contributed by atoms with Crippen LogP contribution < -0.4 is 29.4 Å². The van der Waals surface area contributed by atoms with Crippen LogP contribution in [0.3, 0.4) is 0 Å². The summed E-state index contributed by atoms with van der Waals surface area (Å²) in [5.74, 6) is 0.173. The van der Waals surface area contributed by atoms with Crippen molar-refractivity contribution in [2.75, 3.05) is 27.6 Å². The predicted molar refractivity (Wildman–Crippen MR) is 136 cm³/mol. The lowest BCUT2D eigenvalue weighted by atomic mass is 9.65. The summed E-state index contributed by atoms with van der Waals surface area (Å²) in [6.45, 7) is 0.377. The zero-order valence-electron chi connectivity index (χ0n) is 21.4. The molecule has 3 aliphatic rings. The number of esters is 1. The Bertz CT molecular complexity index is 1400. The van der Waals surface area contributed by atoms with Crippen LogP contribution in [0.2, 0.25) is 0 Å². The zero-order chi connectivity index (χ0) is 27.1. The van der Waals surface area contributed by atoms with Crippen molar-refractivity contribution >= 4 is 12.1 Å². The molecule has 0 amide bonds. The molecule has 0 bridgehead atoms. The largest absolute Gasteiger partial charge is 0.514 e. The lowest BCUT2D eigenvalue weighted by Crippen LogP contribution is -2.38. The van der Waals surface area contributed by atoms with E-state index in [1.54, 1.807) is 12.1 Å². The number of hydrogen-bond donors (Lipinski definition) is 1. The van der Waals surface area contributed by atoms with Gasteiger partial charge in [0.05, 0.1) is 26.7 Å². The van der Waals surface area contributed by atoms with E-state index in [0.29, 0.717) is 17.1 Å². The highest BCUT2D eigenvalue weighted by Gasteiger charge is 2.51. The van der Waals surface area contributed by atoms with E-state index >= 15 is 0 Å². The van der Waals surface area contributed by atoms with Gasteiger partial charge in [-0.3, -0.25) is 4.79 Å². The monoisotopic (exact) mass is 533 g/mol. The number of benzene rings is 3. The van der Waals surface area contributed by atoms with Crippen LogP contribution in [-0.2, 0) is 20.9 Å². The fraction of sp³-hybridized carbons (Fsp3) is 0.310. The topological polar surface area (TPSA) is 125 Å². The van der Waals surface area contributed by atoms with Crippen LogP contribution >= 0.6 is 0 Å². The molecule has 39 heavy (non-hydrogen) atoms. The molecule has 2 heterocycles. The molecule has 0 unspecified atom stereocenters. The summed E-state index contributed by atoms with van der Waals surface area (Å²) in [5.41, 5.74) is 9.84. The number of nitrogens with two attached hydrogens (primary N) is 1. The van der Waals surface area contributed by atoms with E-state index in [9.17, 15) is 9.59 Å². The van der Waals surface area contributed by atoms with Gasteiger partial charge in [0.15, 0.2) is 23.0 Å². The molecular formula is C29H27NO9. The smallest absolute Gasteiger partial charge is 0.493 e. The number of methoxy groups -OCH3 is 2. The average Bonchev–Trinajstić information content (AvgIpc) is 3.58. The highest BCUT2D eigenvalue weighted by atomic mass is 16.7. The maximum absolute atomic E-state index is 13.0. The Hall–Kier alpha value is -4.44. The third-order valence-electron chi connectivity index (χ3n) is 7.47. The minimum absolute atomic E-state index is 0.0444. The Morgan fingerprint density at radius 3 is 2.28 bits per heavy atom. The summed E-state index contributed by atoms with van der Waals surface area (Å²) in [6.07, 6.45) is -0.913. The Morgan fingerprint density at radius 2 is 1.62 bits per heavy atom. The first-order chi connectivity index (χ1) is 19.0. The van der Waals surface area contributed by atoms with Gasteiger partial charge in [0.25, 0.3) is 0 Å². The van der Waals surface area contributed by atoms with E-state index in [-0.39, 0.29) is 49.1 Å². The molecule has 0 saturated carbocycles. The van der Waals surface area contributed by atoms with Crippen LogP contribution in [0, 0.1) is 11.8 Å². The second-order valence-corrected chi connectivity index (χ2v) is 9.54. The average molecular weight is 534 g/mol. The van der Waals surface area contributed by atoms with E-state index in [0.717, 1.165) is 16.7 Å². The molecule has 0 aromatic heterocycles. The van der Waals surface area contributed by atoms with Crippen LogP contribution in [0.4, 0.5) is 4.79 Å². The van der Waals surface area contributed by atoms with Crippen LogP contribution in [0.25, 0.3) is 0 Å². The number of rotatable bonds is 6. The first-order valence-corrected chi connectivity index (χ1v) is 12.5. The molecule has 3 aromatic rings. The first-order valence-electron chi connectivity index (χ1n) is 12.5. The van der Waals surface area contributed by atoms with Crippen molar-refractivity contribution in [3.8, 4) is 28.7 Å². The Morgan fingerprint density at radius 1 is 0.949 bits per heavy atom. The molecule has 1 fully saturated rings. The fourth-order valence-electron chi connectivity index (χ4n) is 5.62. The molecule has 6 rings (SSSR count). The van der Waals surface area contributed by atoms with Gasteiger partial charge in [-0.1, -0.05) is 30.3 Å². The van der Waals surface area contributed by atoms with Crippen molar-refractivity contribution < 1.29 is 42.7 Å². The van der Waals surface area contributed by atoms with Crippen LogP contribution in [0.15, 0.2) is 54.6 Å². The van der Waals surface area contributed by atoms with Crippen LogP contribution in [-0.4, -0.2) is 39.7 Å². The number of ether oxygens (including phenoxy) is 7. The minimum Gasteiger partial charge on any atom is -0.493 e. The third-order valence-corrected chi connectivity index (χ3v) is 7.47. The summed E-state index contributed by atoms with van der Waals surface area (Å²) in [4.78, 5) is 25.6. The van der Waals surface area contributed by atoms with Gasteiger partial charge in [-0.05, 0) is 46.5 Å². The van der Waals surface area contributed by atoms with Crippen molar-refractivity contribution in [3.63, 3.8) is 0 Å². The Kier molecular flexibility index (Phi) is 6.40. The normalized spacial score (nSPS) is 22.4. The molecule has 0 spiro atoms. The molecule has 202 valence electrons. The summed E-state index contributed by atoms with van der Waals surface area (Å²) < 4.78 is 38.7. The maximum atomic E-state index is 13.0. The van der Waals surface area contributed by atoms with Gasteiger partial charge in [-0.25, -0.2) is 4.79 Å². The van der Waals surface area contributed by atoms with E-state index in [1.807, 2.05) is 42.5 Å².